The first-order valence-electron chi connectivity index (χ1n) is 8.56. The van der Waals surface area contributed by atoms with Gasteiger partial charge >= 0.3 is 0 Å². The van der Waals surface area contributed by atoms with Crippen LogP contribution in [-0.2, 0) is 6.42 Å². The Morgan fingerprint density at radius 1 is 0.731 bits per heavy atom. The van der Waals surface area contributed by atoms with Crippen molar-refractivity contribution in [2.75, 3.05) is 14.2 Å². The van der Waals surface area contributed by atoms with Crippen molar-refractivity contribution < 1.29 is 13.9 Å². The number of ether oxygens (including phenoxy) is 2. The lowest BCUT2D eigenvalue weighted by Crippen LogP contribution is -1.91. The molecule has 0 aliphatic carbocycles. The molecule has 0 fully saturated rings. The van der Waals surface area contributed by atoms with Crippen molar-refractivity contribution in [1.29, 1.82) is 0 Å². The molecular weight excluding hydrogens is 324 g/mol. The van der Waals surface area contributed by atoms with Gasteiger partial charge in [0.25, 0.3) is 0 Å². The fourth-order valence-electron chi connectivity index (χ4n) is 3.20. The summed E-state index contributed by atoms with van der Waals surface area (Å²) in [5, 5.41) is 1.15. The van der Waals surface area contributed by atoms with Crippen LogP contribution in [0.1, 0.15) is 11.1 Å². The second-order valence-electron chi connectivity index (χ2n) is 6.16. The van der Waals surface area contributed by atoms with Crippen LogP contribution in [0.5, 0.6) is 11.5 Å². The van der Waals surface area contributed by atoms with Gasteiger partial charge in [0.1, 0.15) is 22.8 Å². The molecule has 0 radical (unpaired) electrons. The van der Waals surface area contributed by atoms with E-state index in [4.69, 9.17) is 13.9 Å². The summed E-state index contributed by atoms with van der Waals surface area (Å²) < 4.78 is 16.7. The number of benzene rings is 3. The fraction of sp³-hybridized carbons (Fsp3) is 0.130. The Bertz CT molecular complexity index is 1010. The van der Waals surface area contributed by atoms with Crippen LogP contribution in [-0.4, -0.2) is 14.2 Å². The van der Waals surface area contributed by atoms with Gasteiger partial charge in [-0.1, -0.05) is 30.3 Å². The number of para-hydroxylation sites is 1. The topological polar surface area (TPSA) is 31.6 Å². The van der Waals surface area contributed by atoms with Crippen LogP contribution in [0.2, 0.25) is 0 Å². The molecule has 4 rings (SSSR count). The summed E-state index contributed by atoms with van der Waals surface area (Å²) in [6, 6.07) is 24.3. The van der Waals surface area contributed by atoms with Crippen LogP contribution in [0.15, 0.2) is 77.2 Å². The SMILES string of the molecule is COc1ccc(Cc2c(-c3ccc(OC)cc3)oc3ccccc23)cc1. The maximum Gasteiger partial charge on any atom is 0.138 e. The lowest BCUT2D eigenvalue weighted by molar-refractivity contribution is 0.414. The van der Waals surface area contributed by atoms with E-state index in [0.717, 1.165) is 40.2 Å². The molecule has 3 nitrogen and oxygen atoms in total. The zero-order chi connectivity index (χ0) is 17.9. The normalized spacial score (nSPS) is 10.8. The fourth-order valence-corrected chi connectivity index (χ4v) is 3.20. The summed E-state index contributed by atoms with van der Waals surface area (Å²) in [7, 11) is 3.35. The molecule has 0 saturated carbocycles. The zero-order valence-electron chi connectivity index (χ0n) is 14.9. The van der Waals surface area contributed by atoms with Crippen molar-refractivity contribution in [3.05, 3.63) is 83.9 Å². The molecule has 0 aliphatic rings. The van der Waals surface area contributed by atoms with Gasteiger partial charge in [0.2, 0.25) is 0 Å². The molecule has 0 atom stereocenters. The highest BCUT2D eigenvalue weighted by atomic mass is 16.5. The number of furan rings is 1. The third kappa shape index (κ3) is 3.04. The minimum atomic E-state index is 0.794. The number of hydrogen-bond acceptors (Lipinski definition) is 3. The van der Waals surface area contributed by atoms with Gasteiger partial charge in [-0.25, -0.2) is 0 Å². The molecule has 130 valence electrons. The van der Waals surface area contributed by atoms with Crippen LogP contribution in [0.3, 0.4) is 0 Å². The molecule has 4 aromatic rings. The van der Waals surface area contributed by atoms with E-state index in [9.17, 15) is 0 Å². The monoisotopic (exact) mass is 344 g/mol. The summed E-state index contributed by atoms with van der Waals surface area (Å²) >= 11 is 0. The maximum atomic E-state index is 6.21. The quantitative estimate of drug-likeness (QED) is 0.465. The van der Waals surface area contributed by atoms with Crippen molar-refractivity contribution in [3.8, 4) is 22.8 Å². The predicted molar refractivity (Wildman–Crippen MR) is 104 cm³/mol. The van der Waals surface area contributed by atoms with E-state index in [1.807, 2.05) is 54.6 Å². The first-order chi connectivity index (χ1) is 12.8. The highest BCUT2D eigenvalue weighted by molar-refractivity contribution is 5.88. The zero-order valence-corrected chi connectivity index (χ0v) is 14.9. The molecule has 0 unspecified atom stereocenters. The third-order valence-corrected chi connectivity index (χ3v) is 4.59. The van der Waals surface area contributed by atoms with Gasteiger partial charge in [-0.05, 0) is 48.0 Å². The van der Waals surface area contributed by atoms with Crippen LogP contribution < -0.4 is 9.47 Å². The molecule has 1 heterocycles. The van der Waals surface area contributed by atoms with Crippen LogP contribution >= 0.6 is 0 Å². The Labute approximate surface area is 152 Å². The van der Waals surface area contributed by atoms with E-state index in [2.05, 4.69) is 18.2 Å². The van der Waals surface area contributed by atoms with Gasteiger partial charge in [-0.2, -0.15) is 0 Å². The Balaban J connectivity index is 1.80. The highest BCUT2D eigenvalue weighted by Gasteiger charge is 2.16. The van der Waals surface area contributed by atoms with Crippen molar-refractivity contribution >= 4 is 11.0 Å². The summed E-state index contributed by atoms with van der Waals surface area (Å²) in [6.07, 6.45) is 0.794. The number of hydrogen-bond donors (Lipinski definition) is 0. The van der Waals surface area contributed by atoms with Crippen LogP contribution in [0, 0.1) is 0 Å². The lowest BCUT2D eigenvalue weighted by atomic mass is 9.98. The van der Waals surface area contributed by atoms with Gasteiger partial charge < -0.3 is 13.9 Å². The minimum absolute atomic E-state index is 0.794. The number of methoxy groups -OCH3 is 2. The molecule has 0 aliphatic heterocycles. The minimum Gasteiger partial charge on any atom is -0.497 e. The smallest absolute Gasteiger partial charge is 0.138 e. The van der Waals surface area contributed by atoms with E-state index in [-0.39, 0.29) is 0 Å². The van der Waals surface area contributed by atoms with Gasteiger partial charge in [-0.3, -0.25) is 0 Å². The molecule has 0 spiro atoms. The summed E-state index contributed by atoms with van der Waals surface area (Å²) in [6.45, 7) is 0. The maximum absolute atomic E-state index is 6.21. The Hall–Kier alpha value is -3.20. The summed E-state index contributed by atoms with van der Waals surface area (Å²) in [5.41, 5.74) is 4.36. The van der Waals surface area contributed by atoms with E-state index >= 15 is 0 Å². The van der Waals surface area contributed by atoms with E-state index in [1.54, 1.807) is 14.2 Å². The van der Waals surface area contributed by atoms with E-state index in [0.29, 0.717) is 0 Å². The molecule has 0 N–H and O–H groups in total. The highest BCUT2D eigenvalue weighted by Crippen LogP contribution is 2.35. The molecule has 3 aromatic carbocycles. The first kappa shape index (κ1) is 16.3. The van der Waals surface area contributed by atoms with Crippen LogP contribution in [0.25, 0.3) is 22.3 Å². The number of rotatable bonds is 5. The predicted octanol–water partition coefficient (Wildman–Crippen LogP) is 5.71. The average Bonchev–Trinajstić information content (AvgIpc) is 3.07. The largest absolute Gasteiger partial charge is 0.497 e. The van der Waals surface area contributed by atoms with Crippen molar-refractivity contribution in [1.82, 2.24) is 0 Å². The molecule has 3 heteroatoms. The molecule has 0 amide bonds. The Morgan fingerprint density at radius 3 is 2.00 bits per heavy atom. The average molecular weight is 344 g/mol. The van der Waals surface area contributed by atoms with Crippen molar-refractivity contribution in [2.24, 2.45) is 0 Å². The Morgan fingerprint density at radius 2 is 1.35 bits per heavy atom. The van der Waals surface area contributed by atoms with Gasteiger partial charge in [0.15, 0.2) is 0 Å². The molecular formula is C23H20O3. The van der Waals surface area contributed by atoms with E-state index < -0.39 is 0 Å². The lowest BCUT2D eigenvalue weighted by Gasteiger charge is -2.06. The Kier molecular flexibility index (Phi) is 4.36. The molecule has 1 aromatic heterocycles. The van der Waals surface area contributed by atoms with Crippen molar-refractivity contribution in [3.63, 3.8) is 0 Å². The molecule has 0 bridgehead atoms. The van der Waals surface area contributed by atoms with Gasteiger partial charge in [0, 0.05) is 22.9 Å². The van der Waals surface area contributed by atoms with Gasteiger partial charge in [0.05, 0.1) is 14.2 Å². The van der Waals surface area contributed by atoms with E-state index in [1.165, 1.54) is 11.1 Å². The second-order valence-corrected chi connectivity index (χ2v) is 6.16. The molecule has 26 heavy (non-hydrogen) atoms. The van der Waals surface area contributed by atoms with Crippen molar-refractivity contribution in [2.45, 2.75) is 6.42 Å². The number of fused-ring (bicyclic) bond motifs is 1. The molecule has 0 saturated heterocycles. The second kappa shape index (κ2) is 6.96. The first-order valence-corrected chi connectivity index (χ1v) is 8.56. The summed E-state index contributed by atoms with van der Waals surface area (Å²) in [4.78, 5) is 0. The summed E-state index contributed by atoms with van der Waals surface area (Å²) in [5.74, 6) is 2.60. The third-order valence-electron chi connectivity index (χ3n) is 4.59. The van der Waals surface area contributed by atoms with Gasteiger partial charge in [-0.15, -0.1) is 0 Å². The standard InChI is InChI=1S/C23H20O3/c1-24-18-11-7-16(8-12-18)15-21-20-5-3-4-6-22(20)26-23(21)17-9-13-19(25-2)14-10-17/h3-14H,15H2,1-2H3. The van der Waals surface area contributed by atoms with Crippen LogP contribution in [0.4, 0.5) is 0 Å².